The van der Waals surface area contributed by atoms with Crippen LogP contribution in [0.4, 0.5) is 5.69 Å². The van der Waals surface area contributed by atoms with Gasteiger partial charge in [0.15, 0.2) is 6.10 Å². The van der Waals surface area contributed by atoms with Crippen LogP contribution in [0.5, 0.6) is 11.5 Å². The molecule has 0 aliphatic heterocycles. The molecule has 0 radical (unpaired) electrons. The third-order valence-corrected chi connectivity index (χ3v) is 5.44. The molecular weight excluding hydrogens is 382 g/mol. The minimum Gasteiger partial charge on any atom is -0.497 e. The zero-order chi connectivity index (χ0) is 20.5. The molecule has 0 aliphatic carbocycles. The van der Waals surface area contributed by atoms with E-state index in [4.69, 9.17) is 9.47 Å². The highest BCUT2D eigenvalue weighted by Gasteiger charge is 2.18. The number of methoxy groups -OCH3 is 1. The third-order valence-electron chi connectivity index (χ3n) is 4.35. The standard InChI is InChI=1S/C24H25NO3S/c1-3-23(28-21-9-7-8-20(16-21)27-2)24(26)25-19-14-12-18(13-15-19)17-29-22-10-5-4-6-11-22/h4-16,23H,3,17H2,1-2H3,(H,25,26)/t23-/m0/s1. The predicted octanol–water partition coefficient (Wildman–Crippen LogP) is 5.78. The maximum atomic E-state index is 12.6. The first-order valence-corrected chi connectivity index (χ1v) is 10.5. The molecule has 0 unspecified atom stereocenters. The lowest BCUT2D eigenvalue weighted by Gasteiger charge is -2.18. The van der Waals surface area contributed by atoms with Gasteiger partial charge in [-0.25, -0.2) is 0 Å². The highest BCUT2D eigenvalue weighted by Crippen LogP contribution is 2.24. The first-order chi connectivity index (χ1) is 14.2. The predicted molar refractivity (Wildman–Crippen MR) is 119 cm³/mol. The molecule has 0 saturated heterocycles. The van der Waals surface area contributed by atoms with E-state index >= 15 is 0 Å². The Morgan fingerprint density at radius 2 is 1.69 bits per heavy atom. The third kappa shape index (κ3) is 6.29. The average Bonchev–Trinajstić information content (AvgIpc) is 2.77. The number of benzene rings is 3. The molecule has 1 N–H and O–H groups in total. The summed E-state index contributed by atoms with van der Waals surface area (Å²) in [5.74, 6) is 2.03. The molecule has 0 aliphatic rings. The fourth-order valence-corrected chi connectivity index (χ4v) is 3.63. The zero-order valence-electron chi connectivity index (χ0n) is 16.6. The van der Waals surface area contributed by atoms with Crippen molar-refractivity contribution >= 4 is 23.4 Å². The first-order valence-electron chi connectivity index (χ1n) is 9.56. The van der Waals surface area contributed by atoms with Gasteiger partial charge in [0.05, 0.1) is 7.11 Å². The SMILES string of the molecule is CC[C@H](Oc1cccc(OC)c1)C(=O)Nc1ccc(CSc2ccccc2)cc1. The fourth-order valence-electron chi connectivity index (χ4n) is 2.75. The molecular formula is C24H25NO3S. The summed E-state index contributed by atoms with van der Waals surface area (Å²) < 4.78 is 11.1. The lowest BCUT2D eigenvalue weighted by molar-refractivity contribution is -0.122. The van der Waals surface area contributed by atoms with Crippen LogP contribution in [-0.4, -0.2) is 19.1 Å². The second-order valence-electron chi connectivity index (χ2n) is 6.48. The van der Waals surface area contributed by atoms with E-state index < -0.39 is 6.10 Å². The number of amides is 1. The monoisotopic (exact) mass is 407 g/mol. The second kappa shape index (κ2) is 10.6. The Hall–Kier alpha value is -2.92. The summed E-state index contributed by atoms with van der Waals surface area (Å²) >= 11 is 1.79. The Morgan fingerprint density at radius 1 is 0.966 bits per heavy atom. The first kappa shape index (κ1) is 20.8. The molecule has 0 saturated carbocycles. The molecule has 0 bridgehead atoms. The van der Waals surface area contributed by atoms with Gasteiger partial charge in [-0.05, 0) is 48.4 Å². The van der Waals surface area contributed by atoms with Gasteiger partial charge in [0.2, 0.25) is 0 Å². The number of nitrogens with one attached hydrogen (secondary N) is 1. The van der Waals surface area contributed by atoms with Crippen molar-refractivity contribution in [2.24, 2.45) is 0 Å². The molecule has 5 heteroatoms. The van der Waals surface area contributed by atoms with Gasteiger partial charge in [-0.2, -0.15) is 0 Å². The van der Waals surface area contributed by atoms with Crippen molar-refractivity contribution in [2.45, 2.75) is 30.1 Å². The van der Waals surface area contributed by atoms with E-state index in [1.807, 2.05) is 67.6 Å². The molecule has 0 heterocycles. The Labute approximate surface area is 176 Å². The van der Waals surface area contributed by atoms with Crippen LogP contribution in [0.15, 0.2) is 83.8 Å². The molecule has 3 aromatic carbocycles. The van der Waals surface area contributed by atoms with E-state index in [-0.39, 0.29) is 5.91 Å². The van der Waals surface area contributed by atoms with Gasteiger partial charge < -0.3 is 14.8 Å². The van der Waals surface area contributed by atoms with Crippen molar-refractivity contribution in [3.05, 3.63) is 84.4 Å². The van der Waals surface area contributed by atoms with Crippen molar-refractivity contribution in [2.75, 3.05) is 12.4 Å². The lowest BCUT2D eigenvalue weighted by atomic mass is 10.2. The van der Waals surface area contributed by atoms with Gasteiger partial charge in [-0.1, -0.05) is 43.3 Å². The van der Waals surface area contributed by atoms with E-state index in [2.05, 4.69) is 17.4 Å². The Balaban J connectivity index is 1.55. The van der Waals surface area contributed by atoms with Gasteiger partial charge in [-0.15, -0.1) is 11.8 Å². The van der Waals surface area contributed by atoms with Crippen LogP contribution in [0, 0.1) is 0 Å². The van der Waals surface area contributed by atoms with Gasteiger partial charge >= 0.3 is 0 Å². The number of hydrogen-bond donors (Lipinski definition) is 1. The number of rotatable bonds is 9. The molecule has 0 spiro atoms. The fraction of sp³-hybridized carbons (Fsp3) is 0.208. The van der Waals surface area contributed by atoms with E-state index in [1.165, 1.54) is 10.5 Å². The highest BCUT2D eigenvalue weighted by molar-refractivity contribution is 7.98. The molecule has 0 aromatic heterocycles. The van der Waals surface area contributed by atoms with Gasteiger partial charge in [0, 0.05) is 22.4 Å². The maximum Gasteiger partial charge on any atom is 0.265 e. The molecule has 1 atom stereocenters. The second-order valence-corrected chi connectivity index (χ2v) is 7.53. The van der Waals surface area contributed by atoms with Crippen molar-refractivity contribution in [3.63, 3.8) is 0 Å². The van der Waals surface area contributed by atoms with E-state index in [9.17, 15) is 4.79 Å². The largest absolute Gasteiger partial charge is 0.497 e. The molecule has 1 amide bonds. The van der Waals surface area contributed by atoms with E-state index in [0.717, 1.165) is 11.4 Å². The normalized spacial score (nSPS) is 11.5. The summed E-state index contributed by atoms with van der Waals surface area (Å²) in [5.41, 5.74) is 1.97. The van der Waals surface area contributed by atoms with Crippen LogP contribution in [0.2, 0.25) is 0 Å². The zero-order valence-corrected chi connectivity index (χ0v) is 17.4. The van der Waals surface area contributed by atoms with Crippen LogP contribution < -0.4 is 14.8 Å². The number of hydrogen-bond acceptors (Lipinski definition) is 4. The molecule has 3 aromatic rings. The molecule has 150 valence electrons. The summed E-state index contributed by atoms with van der Waals surface area (Å²) in [5, 5.41) is 2.94. The Morgan fingerprint density at radius 3 is 2.38 bits per heavy atom. The Bertz CT molecular complexity index is 913. The minimum absolute atomic E-state index is 0.165. The average molecular weight is 408 g/mol. The highest BCUT2D eigenvalue weighted by atomic mass is 32.2. The lowest BCUT2D eigenvalue weighted by Crippen LogP contribution is -2.32. The van der Waals surface area contributed by atoms with Gasteiger partial charge in [-0.3, -0.25) is 4.79 Å². The number of carbonyl (C=O) groups is 1. The maximum absolute atomic E-state index is 12.6. The van der Waals surface area contributed by atoms with Gasteiger partial charge in [0.25, 0.3) is 5.91 Å². The van der Waals surface area contributed by atoms with Crippen LogP contribution in [0.1, 0.15) is 18.9 Å². The summed E-state index contributed by atoms with van der Waals surface area (Å²) in [4.78, 5) is 13.9. The summed E-state index contributed by atoms with van der Waals surface area (Å²) in [6.45, 7) is 1.92. The number of ether oxygens (including phenoxy) is 2. The quantitative estimate of drug-likeness (QED) is 0.457. The van der Waals surface area contributed by atoms with Crippen molar-refractivity contribution < 1.29 is 14.3 Å². The topological polar surface area (TPSA) is 47.6 Å². The minimum atomic E-state index is -0.574. The smallest absolute Gasteiger partial charge is 0.265 e. The molecule has 3 rings (SSSR count). The van der Waals surface area contributed by atoms with Crippen molar-refractivity contribution in [1.82, 2.24) is 0 Å². The van der Waals surface area contributed by atoms with Crippen molar-refractivity contribution in [3.8, 4) is 11.5 Å². The molecule has 4 nitrogen and oxygen atoms in total. The van der Waals surface area contributed by atoms with Crippen LogP contribution in [-0.2, 0) is 10.5 Å². The summed E-state index contributed by atoms with van der Waals surface area (Å²) in [6, 6.07) is 25.5. The number of thioether (sulfide) groups is 1. The summed E-state index contributed by atoms with van der Waals surface area (Å²) in [6.07, 6.45) is -0.00936. The van der Waals surface area contributed by atoms with Crippen molar-refractivity contribution in [1.29, 1.82) is 0 Å². The van der Waals surface area contributed by atoms with E-state index in [1.54, 1.807) is 24.9 Å². The van der Waals surface area contributed by atoms with Gasteiger partial charge in [0.1, 0.15) is 11.5 Å². The number of anilines is 1. The van der Waals surface area contributed by atoms with Crippen LogP contribution >= 0.6 is 11.8 Å². The van der Waals surface area contributed by atoms with E-state index in [0.29, 0.717) is 17.9 Å². The van der Waals surface area contributed by atoms with Crippen LogP contribution in [0.3, 0.4) is 0 Å². The number of carbonyl (C=O) groups excluding carboxylic acids is 1. The van der Waals surface area contributed by atoms with Crippen LogP contribution in [0.25, 0.3) is 0 Å². The molecule has 29 heavy (non-hydrogen) atoms. The Kier molecular flexibility index (Phi) is 7.59. The summed E-state index contributed by atoms with van der Waals surface area (Å²) in [7, 11) is 1.60. The molecule has 0 fully saturated rings.